The Morgan fingerprint density at radius 3 is 2.48 bits per heavy atom. The van der Waals surface area contributed by atoms with Crippen LogP contribution in [0.3, 0.4) is 0 Å². The molecule has 7 nitrogen and oxygen atoms in total. The molecule has 27 heavy (non-hydrogen) atoms. The Kier molecular flexibility index (Phi) is 6.00. The number of aromatic nitrogens is 2. The van der Waals surface area contributed by atoms with E-state index in [2.05, 4.69) is 42.1 Å². The highest BCUT2D eigenvalue weighted by Crippen LogP contribution is 2.33. The monoisotopic (exact) mass is 466 g/mol. The van der Waals surface area contributed by atoms with Crippen molar-refractivity contribution in [1.29, 1.82) is 0 Å². The van der Waals surface area contributed by atoms with Crippen molar-refractivity contribution in [3.8, 4) is 0 Å². The van der Waals surface area contributed by atoms with E-state index in [9.17, 15) is 4.79 Å². The molecule has 0 bridgehead atoms. The molecule has 2 aromatic carbocycles. The number of carbonyl (C=O) groups is 1. The summed E-state index contributed by atoms with van der Waals surface area (Å²) in [5, 5.41) is 3.74. The van der Waals surface area contributed by atoms with Crippen molar-refractivity contribution in [3.63, 3.8) is 0 Å². The summed E-state index contributed by atoms with van der Waals surface area (Å²) in [6, 6.07) is 12.0. The van der Waals surface area contributed by atoms with Crippen LogP contribution >= 0.6 is 39.1 Å². The van der Waals surface area contributed by atoms with Crippen LogP contribution in [0.5, 0.6) is 0 Å². The van der Waals surface area contributed by atoms with Gasteiger partial charge in [0, 0.05) is 10.0 Å². The van der Waals surface area contributed by atoms with Crippen LogP contribution < -0.4 is 21.9 Å². The zero-order chi connectivity index (χ0) is 19.4. The van der Waals surface area contributed by atoms with Crippen molar-refractivity contribution < 1.29 is 4.79 Å². The number of halogens is 3. The number of anilines is 4. The van der Waals surface area contributed by atoms with Gasteiger partial charge in [0.15, 0.2) is 11.6 Å². The average molecular weight is 468 g/mol. The standard InChI is InChI=1S/C17H13BrCl2N6O/c18-10-6-4-9(5-7-10)17(27)26-25-16-14(21)15(22-8-23-16)24-12-3-1-2-11(19)13(12)20/h1-8H,21H2,(H,26,27)(H2,22,23,24,25). The Bertz CT molecular complexity index is 984. The fraction of sp³-hybridized carbons (Fsp3) is 0. The van der Waals surface area contributed by atoms with Gasteiger partial charge in [-0.25, -0.2) is 9.97 Å². The molecule has 0 aliphatic heterocycles. The van der Waals surface area contributed by atoms with E-state index in [4.69, 9.17) is 28.9 Å². The molecule has 3 aromatic rings. The number of benzene rings is 2. The van der Waals surface area contributed by atoms with Gasteiger partial charge in [-0.3, -0.25) is 15.6 Å². The Labute approximate surface area is 173 Å². The molecule has 0 spiro atoms. The molecule has 3 rings (SSSR count). The summed E-state index contributed by atoms with van der Waals surface area (Å²) in [7, 11) is 0. The summed E-state index contributed by atoms with van der Waals surface area (Å²) in [5.74, 6) is 0.207. The molecule has 0 aliphatic rings. The van der Waals surface area contributed by atoms with Crippen molar-refractivity contribution in [2.24, 2.45) is 0 Å². The van der Waals surface area contributed by atoms with E-state index < -0.39 is 0 Å². The fourth-order valence-corrected chi connectivity index (χ4v) is 2.72. The van der Waals surface area contributed by atoms with E-state index >= 15 is 0 Å². The van der Waals surface area contributed by atoms with Crippen LogP contribution in [0.25, 0.3) is 0 Å². The van der Waals surface area contributed by atoms with Crippen molar-refractivity contribution >= 4 is 68.0 Å². The lowest BCUT2D eigenvalue weighted by atomic mass is 10.2. The first-order valence-electron chi connectivity index (χ1n) is 7.59. The Morgan fingerprint density at radius 1 is 1.04 bits per heavy atom. The van der Waals surface area contributed by atoms with Gasteiger partial charge in [0.05, 0.1) is 15.7 Å². The number of rotatable bonds is 5. The normalized spacial score (nSPS) is 10.3. The van der Waals surface area contributed by atoms with Gasteiger partial charge in [0.2, 0.25) is 0 Å². The largest absolute Gasteiger partial charge is 0.393 e. The maximum absolute atomic E-state index is 12.2. The molecule has 5 N–H and O–H groups in total. The lowest BCUT2D eigenvalue weighted by molar-refractivity contribution is 0.0962. The summed E-state index contributed by atoms with van der Waals surface area (Å²) in [4.78, 5) is 20.3. The van der Waals surface area contributed by atoms with E-state index in [1.165, 1.54) is 6.33 Å². The minimum Gasteiger partial charge on any atom is -0.393 e. The minimum absolute atomic E-state index is 0.199. The highest BCUT2D eigenvalue weighted by Gasteiger charge is 2.12. The Hall–Kier alpha value is -2.55. The molecular formula is C17H13BrCl2N6O. The van der Waals surface area contributed by atoms with Crippen LogP contribution in [0.1, 0.15) is 10.4 Å². The molecule has 1 amide bonds. The lowest BCUT2D eigenvalue weighted by Crippen LogP contribution is -2.30. The molecule has 1 aromatic heterocycles. The molecular weight excluding hydrogens is 455 g/mol. The number of nitrogens with two attached hydrogens (primary N) is 1. The van der Waals surface area contributed by atoms with E-state index in [-0.39, 0.29) is 17.4 Å². The average Bonchev–Trinajstić information content (AvgIpc) is 2.66. The summed E-state index contributed by atoms with van der Waals surface area (Å²) in [5.41, 5.74) is 12.5. The van der Waals surface area contributed by atoms with E-state index in [1.807, 2.05) is 0 Å². The van der Waals surface area contributed by atoms with Gasteiger partial charge in [-0.15, -0.1) is 0 Å². The van der Waals surface area contributed by atoms with Crippen molar-refractivity contribution in [2.45, 2.75) is 0 Å². The SMILES string of the molecule is Nc1c(NNC(=O)c2ccc(Br)cc2)ncnc1Nc1cccc(Cl)c1Cl. The summed E-state index contributed by atoms with van der Waals surface area (Å²) in [6.07, 6.45) is 1.30. The van der Waals surface area contributed by atoms with Crippen LogP contribution in [0.15, 0.2) is 53.3 Å². The van der Waals surface area contributed by atoms with E-state index in [0.717, 1.165) is 4.47 Å². The van der Waals surface area contributed by atoms with E-state index in [0.29, 0.717) is 27.1 Å². The van der Waals surface area contributed by atoms with Crippen LogP contribution in [0.2, 0.25) is 10.0 Å². The van der Waals surface area contributed by atoms with Crippen molar-refractivity contribution in [3.05, 3.63) is 68.9 Å². The third-order valence-corrected chi connectivity index (χ3v) is 4.84. The molecule has 0 unspecified atom stereocenters. The second kappa shape index (κ2) is 8.43. The topological polar surface area (TPSA) is 105 Å². The number of nitrogens with zero attached hydrogens (tertiary/aromatic N) is 2. The van der Waals surface area contributed by atoms with Gasteiger partial charge >= 0.3 is 0 Å². The van der Waals surface area contributed by atoms with Crippen LogP contribution in [-0.4, -0.2) is 15.9 Å². The number of amides is 1. The smallest absolute Gasteiger partial charge is 0.269 e. The molecule has 0 fully saturated rings. The quantitative estimate of drug-likeness (QED) is 0.408. The number of carbonyl (C=O) groups excluding carboxylic acids is 1. The summed E-state index contributed by atoms with van der Waals surface area (Å²) < 4.78 is 0.877. The van der Waals surface area contributed by atoms with Gasteiger partial charge in [0.1, 0.15) is 12.0 Å². The summed E-state index contributed by atoms with van der Waals surface area (Å²) in [6.45, 7) is 0. The molecule has 1 heterocycles. The zero-order valence-electron chi connectivity index (χ0n) is 13.6. The Balaban J connectivity index is 1.74. The first-order chi connectivity index (χ1) is 13.0. The van der Waals surface area contributed by atoms with Crippen LogP contribution in [-0.2, 0) is 0 Å². The van der Waals surface area contributed by atoms with Crippen LogP contribution in [0, 0.1) is 0 Å². The van der Waals surface area contributed by atoms with Crippen molar-refractivity contribution in [1.82, 2.24) is 15.4 Å². The lowest BCUT2D eigenvalue weighted by Gasteiger charge is -2.14. The predicted molar refractivity (Wildman–Crippen MR) is 111 cm³/mol. The number of hydrogen-bond donors (Lipinski definition) is 4. The minimum atomic E-state index is -0.340. The maximum Gasteiger partial charge on any atom is 0.269 e. The van der Waals surface area contributed by atoms with Gasteiger partial charge in [0.25, 0.3) is 5.91 Å². The Morgan fingerprint density at radius 2 is 1.74 bits per heavy atom. The second-order valence-electron chi connectivity index (χ2n) is 5.30. The third-order valence-electron chi connectivity index (χ3n) is 3.49. The fourth-order valence-electron chi connectivity index (χ4n) is 2.11. The molecule has 0 aliphatic carbocycles. The van der Waals surface area contributed by atoms with Gasteiger partial charge in [-0.2, -0.15) is 0 Å². The third kappa shape index (κ3) is 4.60. The van der Waals surface area contributed by atoms with Gasteiger partial charge in [-0.05, 0) is 36.4 Å². The number of nitrogens with one attached hydrogen (secondary N) is 3. The van der Waals surface area contributed by atoms with Crippen LogP contribution in [0.4, 0.5) is 23.0 Å². The molecule has 0 atom stereocenters. The first kappa shape index (κ1) is 19.2. The number of hydrazine groups is 1. The van der Waals surface area contributed by atoms with Crippen molar-refractivity contribution in [2.75, 3.05) is 16.5 Å². The molecule has 0 radical (unpaired) electrons. The first-order valence-corrected chi connectivity index (χ1v) is 9.14. The molecule has 10 heteroatoms. The highest BCUT2D eigenvalue weighted by atomic mass is 79.9. The van der Waals surface area contributed by atoms with Gasteiger partial charge in [-0.1, -0.05) is 45.2 Å². The molecule has 138 valence electrons. The summed E-state index contributed by atoms with van der Waals surface area (Å²) >= 11 is 15.5. The maximum atomic E-state index is 12.2. The molecule has 0 saturated heterocycles. The number of hydrogen-bond acceptors (Lipinski definition) is 6. The molecule has 0 saturated carbocycles. The van der Waals surface area contributed by atoms with E-state index in [1.54, 1.807) is 42.5 Å². The number of nitrogen functional groups attached to an aromatic ring is 1. The van der Waals surface area contributed by atoms with Gasteiger partial charge < -0.3 is 11.1 Å². The highest BCUT2D eigenvalue weighted by molar-refractivity contribution is 9.10. The predicted octanol–water partition coefficient (Wildman–Crippen LogP) is 4.63. The zero-order valence-corrected chi connectivity index (χ0v) is 16.7. The second-order valence-corrected chi connectivity index (χ2v) is 7.00.